The molecule has 3 aromatic rings. The molecule has 0 aliphatic heterocycles. The molecule has 0 aliphatic rings. The topological polar surface area (TPSA) is 66.5 Å². The third kappa shape index (κ3) is 5.42. The van der Waals surface area contributed by atoms with Crippen LogP contribution >= 0.6 is 11.8 Å². The fourth-order valence-corrected chi connectivity index (χ4v) is 5.62. The van der Waals surface area contributed by atoms with Gasteiger partial charge in [-0.3, -0.25) is 9.10 Å². The molecule has 0 aliphatic carbocycles. The number of amides is 1. The van der Waals surface area contributed by atoms with E-state index in [1.807, 2.05) is 24.5 Å². The zero-order valence-electron chi connectivity index (χ0n) is 19.5. The first-order valence-electron chi connectivity index (χ1n) is 11.0. The number of rotatable bonds is 9. The molecule has 0 spiro atoms. The number of carbonyl (C=O) groups excluding carboxylic acids is 1. The van der Waals surface area contributed by atoms with Gasteiger partial charge in [0, 0.05) is 22.7 Å². The van der Waals surface area contributed by atoms with Crippen LogP contribution in [0.2, 0.25) is 0 Å². The molecule has 0 fully saturated rings. The highest BCUT2D eigenvalue weighted by atomic mass is 32.2. The third-order valence-corrected chi connectivity index (χ3v) is 8.25. The zero-order chi connectivity index (χ0) is 24.0. The smallest absolute Gasteiger partial charge is 0.264 e. The lowest BCUT2D eigenvalue weighted by atomic mass is 10.0. The summed E-state index contributed by atoms with van der Waals surface area (Å²) >= 11 is 1.56. The Morgan fingerprint density at radius 3 is 1.94 bits per heavy atom. The fraction of sp³-hybridized carbons (Fsp3) is 0.269. The van der Waals surface area contributed by atoms with Crippen LogP contribution in [0.1, 0.15) is 42.3 Å². The van der Waals surface area contributed by atoms with Crippen molar-refractivity contribution in [2.45, 2.75) is 43.4 Å². The lowest BCUT2D eigenvalue weighted by Gasteiger charge is -2.23. The average Bonchev–Trinajstić information content (AvgIpc) is 2.84. The Hall–Kier alpha value is -2.77. The number of benzene rings is 3. The van der Waals surface area contributed by atoms with Crippen LogP contribution in [0, 0.1) is 0 Å². The SMILES string of the molecule is CCc1cccc(CC)c1NC(=O)c1ccc(N(CC)S(=O)(=O)c2ccc(SC)cc2)cc1. The minimum absolute atomic E-state index is 0.212. The highest BCUT2D eigenvalue weighted by molar-refractivity contribution is 7.98. The second kappa shape index (κ2) is 10.9. The predicted molar refractivity (Wildman–Crippen MR) is 138 cm³/mol. The second-order valence-corrected chi connectivity index (χ2v) is 10.2. The zero-order valence-corrected chi connectivity index (χ0v) is 21.1. The maximum Gasteiger partial charge on any atom is 0.264 e. The van der Waals surface area contributed by atoms with Crippen LogP contribution in [0.25, 0.3) is 0 Å². The van der Waals surface area contributed by atoms with E-state index in [2.05, 4.69) is 19.2 Å². The van der Waals surface area contributed by atoms with Crippen LogP contribution in [0.15, 0.2) is 76.5 Å². The lowest BCUT2D eigenvalue weighted by Crippen LogP contribution is -2.30. The largest absolute Gasteiger partial charge is 0.321 e. The average molecular weight is 483 g/mol. The normalized spacial score (nSPS) is 11.3. The molecule has 0 atom stereocenters. The Morgan fingerprint density at radius 2 is 1.45 bits per heavy atom. The summed E-state index contributed by atoms with van der Waals surface area (Å²) in [7, 11) is -3.71. The van der Waals surface area contributed by atoms with Crippen molar-refractivity contribution in [3.05, 3.63) is 83.4 Å². The van der Waals surface area contributed by atoms with Crippen molar-refractivity contribution in [2.24, 2.45) is 0 Å². The number of carbonyl (C=O) groups is 1. The maximum atomic E-state index is 13.2. The number of thioether (sulfide) groups is 1. The summed E-state index contributed by atoms with van der Waals surface area (Å²) in [6, 6.07) is 19.6. The van der Waals surface area contributed by atoms with E-state index in [4.69, 9.17) is 0 Å². The van der Waals surface area contributed by atoms with E-state index in [1.165, 1.54) is 4.31 Å². The maximum absolute atomic E-state index is 13.2. The molecule has 0 heterocycles. The molecule has 3 rings (SSSR count). The predicted octanol–water partition coefficient (Wildman–Crippen LogP) is 6.00. The molecular weight excluding hydrogens is 452 g/mol. The van der Waals surface area contributed by atoms with Gasteiger partial charge < -0.3 is 5.32 Å². The number of nitrogens with zero attached hydrogens (tertiary/aromatic N) is 1. The van der Waals surface area contributed by atoms with Gasteiger partial charge >= 0.3 is 0 Å². The Labute approximate surface area is 201 Å². The first-order chi connectivity index (χ1) is 15.8. The second-order valence-electron chi connectivity index (χ2n) is 7.50. The molecule has 3 aromatic carbocycles. The first kappa shape index (κ1) is 24.9. The molecule has 0 radical (unpaired) electrons. The van der Waals surface area contributed by atoms with E-state index in [1.54, 1.807) is 67.2 Å². The summed E-state index contributed by atoms with van der Waals surface area (Å²) < 4.78 is 27.8. The fourth-order valence-electron chi connectivity index (χ4n) is 3.73. The van der Waals surface area contributed by atoms with Crippen LogP contribution in [0.3, 0.4) is 0 Å². The van der Waals surface area contributed by atoms with Crippen molar-refractivity contribution < 1.29 is 13.2 Å². The molecule has 5 nitrogen and oxygen atoms in total. The lowest BCUT2D eigenvalue weighted by molar-refractivity contribution is 0.102. The van der Waals surface area contributed by atoms with Gasteiger partial charge in [-0.1, -0.05) is 32.0 Å². The number of anilines is 2. The highest BCUT2D eigenvalue weighted by Gasteiger charge is 2.24. The van der Waals surface area contributed by atoms with Crippen LogP contribution in [0.4, 0.5) is 11.4 Å². The number of para-hydroxylation sites is 1. The van der Waals surface area contributed by atoms with Crippen LogP contribution in [-0.2, 0) is 22.9 Å². The van der Waals surface area contributed by atoms with Gasteiger partial charge in [-0.2, -0.15) is 0 Å². The minimum Gasteiger partial charge on any atom is -0.321 e. The summed E-state index contributed by atoms with van der Waals surface area (Å²) in [4.78, 5) is 14.2. The molecule has 7 heteroatoms. The van der Waals surface area contributed by atoms with Crippen LogP contribution in [-0.4, -0.2) is 27.1 Å². The molecule has 0 saturated heterocycles. The number of hydrogen-bond donors (Lipinski definition) is 1. The van der Waals surface area contributed by atoms with Gasteiger partial charge in [-0.25, -0.2) is 8.42 Å². The van der Waals surface area contributed by atoms with Gasteiger partial charge in [0.2, 0.25) is 0 Å². The van der Waals surface area contributed by atoms with E-state index < -0.39 is 10.0 Å². The number of aryl methyl sites for hydroxylation is 2. The molecule has 33 heavy (non-hydrogen) atoms. The number of hydrogen-bond acceptors (Lipinski definition) is 4. The van der Waals surface area contributed by atoms with E-state index in [0.29, 0.717) is 11.3 Å². The van der Waals surface area contributed by atoms with Crippen molar-refractivity contribution in [1.29, 1.82) is 0 Å². The molecule has 174 valence electrons. The Kier molecular flexibility index (Phi) is 8.21. The van der Waals surface area contributed by atoms with Crippen molar-refractivity contribution >= 4 is 39.1 Å². The van der Waals surface area contributed by atoms with E-state index in [9.17, 15) is 13.2 Å². The van der Waals surface area contributed by atoms with Crippen LogP contribution < -0.4 is 9.62 Å². The highest BCUT2D eigenvalue weighted by Crippen LogP contribution is 2.27. The summed E-state index contributed by atoms with van der Waals surface area (Å²) in [6.07, 6.45) is 3.59. The van der Waals surface area contributed by atoms with Crippen molar-refractivity contribution in [2.75, 3.05) is 22.4 Å². The van der Waals surface area contributed by atoms with Crippen molar-refractivity contribution in [1.82, 2.24) is 0 Å². The minimum atomic E-state index is -3.71. The molecule has 0 aromatic heterocycles. The summed E-state index contributed by atoms with van der Waals surface area (Å²) in [6.45, 7) is 6.20. The summed E-state index contributed by atoms with van der Waals surface area (Å²) in [5.41, 5.74) is 4.05. The standard InChI is InChI=1S/C26H30N2O3S2/c1-5-19-9-8-10-20(6-2)25(19)27-26(29)21-11-13-22(14-12-21)28(7-3)33(30,31)24-17-15-23(32-4)16-18-24/h8-18H,5-7H2,1-4H3,(H,27,29). The third-order valence-electron chi connectivity index (χ3n) is 5.59. The number of nitrogens with one attached hydrogen (secondary N) is 1. The summed E-state index contributed by atoms with van der Waals surface area (Å²) in [5.74, 6) is -0.212. The molecule has 0 unspecified atom stereocenters. The Morgan fingerprint density at radius 1 is 0.879 bits per heavy atom. The molecule has 1 amide bonds. The van der Waals surface area contributed by atoms with Gasteiger partial charge in [-0.05, 0) is 85.7 Å². The number of sulfonamides is 1. The molecule has 0 bridgehead atoms. The van der Waals surface area contributed by atoms with Crippen molar-refractivity contribution in [3.8, 4) is 0 Å². The summed E-state index contributed by atoms with van der Waals surface area (Å²) in [5, 5.41) is 3.05. The Balaban J connectivity index is 1.84. The van der Waals surface area contributed by atoms with Gasteiger partial charge in [0.15, 0.2) is 0 Å². The van der Waals surface area contributed by atoms with Gasteiger partial charge in [0.25, 0.3) is 15.9 Å². The van der Waals surface area contributed by atoms with Crippen molar-refractivity contribution in [3.63, 3.8) is 0 Å². The molecule has 0 saturated carbocycles. The van der Waals surface area contributed by atoms with Gasteiger partial charge in [0.1, 0.15) is 0 Å². The van der Waals surface area contributed by atoms with E-state index in [-0.39, 0.29) is 17.3 Å². The monoisotopic (exact) mass is 482 g/mol. The molecule has 1 N–H and O–H groups in total. The van der Waals surface area contributed by atoms with E-state index in [0.717, 1.165) is 34.6 Å². The van der Waals surface area contributed by atoms with Crippen LogP contribution in [0.5, 0.6) is 0 Å². The van der Waals surface area contributed by atoms with Gasteiger partial charge in [-0.15, -0.1) is 11.8 Å². The Bertz CT molecular complexity index is 1180. The first-order valence-corrected chi connectivity index (χ1v) is 13.7. The van der Waals surface area contributed by atoms with E-state index >= 15 is 0 Å². The molecular formula is C26H30N2O3S2. The van der Waals surface area contributed by atoms with Gasteiger partial charge in [0.05, 0.1) is 10.6 Å². The quantitative estimate of drug-likeness (QED) is 0.380.